The molecule has 0 aliphatic heterocycles. The van der Waals surface area contributed by atoms with Gasteiger partial charge in [0.1, 0.15) is 22.2 Å². The standard InChI is InChI=1S/C9H8ClN3O2/c1-3-5-6(9(14)15)7(10)13-8(5)12-4(2)11-3/h1-2H3,(H,14,15)(H,11,12,13). The topological polar surface area (TPSA) is 78.9 Å². The number of carbonyl (C=O) groups is 1. The van der Waals surface area contributed by atoms with Gasteiger partial charge in [-0.2, -0.15) is 0 Å². The molecule has 15 heavy (non-hydrogen) atoms. The Hall–Kier alpha value is -1.62. The van der Waals surface area contributed by atoms with Gasteiger partial charge in [-0.25, -0.2) is 14.8 Å². The van der Waals surface area contributed by atoms with Gasteiger partial charge in [-0.1, -0.05) is 11.6 Å². The summed E-state index contributed by atoms with van der Waals surface area (Å²) in [5.74, 6) is -0.503. The number of hydrogen-bond donors (Lipinski definition) is 2. The number of aromatic amines is 1. The fraction of sp³-hybridized carbons (Fsp3) is 0.222. The maximum Gasteiger partial charge on any atom is 0.339 e. The Balaban J connectivity index is 2.93. The van der Waals surface area contributed by atoms with E-state index in [9.17, 15) is 4.79 Å². The van der Waals surface area contributed by atoms with Crippen LogP contribution < -0.4 is 0 Å². The zero-order valence-electron chi connectivity index (χ0n) is 8.13. The van der Waals surface area contributed by atoms with E-state index in [-0.39, 0.29) is 10.7 Å². The van der Waals surface area contributed by atoms with Crippen LogP contribution in [-0.2, 0) is 0 Å². The van der Waals surface area contributed by atoms with Gasteiger partial charge in [0.05, 0.1) is 11.1 Å². The van der Waals surface area contributed by atoms with Crippen molar-refractivity contribution in [1.29, 1.82) is 0 Å². The summed E-state index contributed by atoms with van der Waals surface area (Å²) in [6.07, 6.45) is 0. The van der Waals surface area contributed by atoms with Crippen LogP contribution in [-0.4, -0.2) is 26.0 Å². The number of aromatic nitrogens is 3. The molecule has 6 heteroatoms. The zero-order chi connectivity index (χ0) is 11.2. The minimum Gasteiger partial charge on any atom is -0.478 e. The van der Waals surface area contributed by atoms with E-state index in [0.29, 0.717) is 22.6 Å². The van der Waals surface area contributed by atoms with Crippen LogP contribution in [0.25, 0.3) is 11.0 Å². The van der Waals surface area contributed by atoms with E-state index in [1.807, 2.05) is 0 Å². The number of nitrogens with zero attached hydrogens (tertiary/aromatic N) is 2. The molecule has 0 spiro atoms. The second kappa shape index (κ2) is 3.20. The monoisotopic (exact) mass is 225 g/mol. The van der Waals surface area contributed by atoms with Gasteiger partial charge in [-0.3, -0.25) is 0 Å². The zero-order valence-corrected chi connectivity index (χ0v) is 8.88. The third-order valence-electron chi connectivity index (χ3n) is 2.11. The lowest BCUT2D eigenvalue weighted by atomic mass is 10.2. The van der Waals surface area contributed by atoms with Gasteiger partial charge >= 0.3 is 5.97 Å². The van der Waals surface area contributed by atoms with E-state index in [0.717, 1.165) is 0 Å². The average molecular weight is 226 g/mol. The van der Waals surface area contributed by atoms with Crippen LogP contribution in [0.5, 0.6) is 0 Å². The predicted octanol–water partition coefficient (Wildman–Crippen LogP) is 1.93. The van der Waals surface area contributed by atoms with Crippen LogP contribution in [0.3, 0.4) is 0 Å². The summed E-state index contributed by atoms with van der Waals surface area (Å²) < 4.78 is 0. The third kappa shape index (κ3) is 1.45. The van der Waals surface area contributed by atoms with Gasteiger partial charge in [-0.05, 0) is 13.8 Å². The molecule has 2 heterocycles. The Morgan fingerprint density at radius 1 is 1.40 bits per heavy atom. The van der Waals surface area contributed by atoms with Crippen LogP contribution in [0.4, 0.5) is 0 Å². The minimum atomic E-state index is -1.08. The third-order valence-corrected chi connectivity index (χ3v) is 2.40. The normalized spacial score (nSPS) is 10.9. The van der Waals surface area contributed by atoms with E-state index in [4.69, 9.17) is 16.7 Å². The highest BCUT2D eigenvalue weighted by Gasteiger charge is 2.19. The SMILES string of the molecule is Cc1nc(C)c2c(C(=O)O)c(Cl)[nH]c2n1. The molecule has 0 saturated carbocycles. The molecule has 0 aromatic carbocycles. The molecule has 0 atom stereocenters. The number of aryl methyl sites for hydroxylation is 2. The molecule has 0 unspecified atom stereocenters. The maximum atomic E-state index is 11.0. The summed E-state index contributed by atoms with van der Waals surface area (Å²) in [6, 6.07) is 0. The van der Waals surface area contributed by atoms with Crippen molar-refractivity contribution in [1.82, 2.24) is 15.0 Å². The minimum absolute atomic E-state index is 0.0316. The van der Waals surface area contributed by atoms with Gasteiger partial charge in [0, 0.05) is 0 Å². The molecular formula is C9H8ClN3O2. The van der Waals surface area contributed by atoms with Crippen molar-refractivity contribution in [2.45, 2.75) is 13.8 Å². The molecule has 0 bridgehead atoms. The Morgan fingerprint density at radius 2 is 2.07 bits per heavy atom. The molecule has 5 nitrogen and oxygen atoms in total. The van der Waals surface area contributed by atoms with Gasteiger partial charge in [0.2, 0.25) is 0 Å². The summed E-state index contributed by atoms with van der Waals surface area (Å²) in [5.41, 5.74) is 1.10. The summed E-state index contributed by atoms with van der Waals surface area (Å²) >= 11 is 5.78. The van der Waals surface area contributed by atoms with Crippen molar-refractivity contribution in [2.24, 2.45) is 0 Å². The Bertz CT molecular complexity index is 562. The number of H-pyrrole nitrogens is 1. The van der Waals surface area contributed by atoms with Crippen molar-refractivity contribution in [3.8, 4) is 0 Å². The predicted molar refractivity (Wildman–Crippen MR) is 55.3 cm³/mol. The van der Waals surface area contributed by atoms with Crippen molar-refractivity contribution < 1.29 is 9.90 Å². The number of aromatic carboxylic acids is 1. The van der Waals surface area contributed by atoms with Crippen LogP contribution in [0, 0.1) is 13.8 Å². The number of fused-ring (bicyclic) bond motifs is 1. The summed E-state index contributed by atoms with van der Waals surface area (Å²) in [6.45, 7) is 3.47. The van der Waals surface area contributed by atoms with Crippen LogP contribution in [0.2, 0.25) is 5.15 Å². The Morgan fingerprint density at radius 3 is 2.67 bits per heavy atom. The molecule has 0 aliphatic rings. The number of rotatable bonds is 1. The molecular weight excluding hydrogens is 218 g/mol. The fourth-order valence-corrected chi connectivity index (χ4v) is 1.84. The van der Waals surface area contributed by atoms with E-state index in [2.05, 4.69) is 15.0 Å². The lowest BCUT2D eigenvalue weighted by molar-refractivity contribution is 0.0699. The quantitative estimate of drug-likeness (QED) is 0.777. The molecule has 2 N–H and O–H groups in total. The van der Waals surface area contributed by atoms with E-state index < -0.39 is 5.97 Å². The molecule has 2 aromatic rings. The van der Waals surface area contributed by atoms with Gasteiger partial charge in [0.25, 0.3) is 0 Å². The highest BCUT2D eigenvalue weighted by molar-refractivity contribution is 6.34. The first-order valence-corrected chi connectivity index (χ1v) is 4.64. The Labute approximate surface area is 90.1 Å². The van der Waals surface area contributed by atoms with Crippen molar-refractivity contribution in [3.05, 3.63) is 22.2 Å². The molecule has 2 aromatic heterocycles. The molecule has 2 rings (SSSR count). The summed E-state index contributed by atoms with van der Waals surface area (Å²) in [4.78, 5) is 21.9. The molecule has 0 saturated heterocycles. The van der Waals surface area contributed by atoms with Gasteiger partial charge in [-0.15, -0.1) is 0 Å². The first-order chi connectivity index (χ1) is 7.00. The second-order valence-electron chi connectivity index (χ2n) is 3.20. The first-order valence-electron chi connectivity index (χ1n) is 4.26. The fourth-order valence-electron chi connectivity index (χ4n) is 1.58. The number of hydrogen-bond acceptors (Lipinski definition) is 3. The van der Waals surface area contributed by atoms with Crippen LogP contribution >= 0.6 is 11.6 Å². The largest absolute Gasteiger partial charge is 0.478 e. The lowest BCUT2D eigenvalue weighted by Gasteiger charge is -1.98. The summed E-state index contributed by atoms with van der Waals surface area (Å²) in [5, 5.41) is 9.54. The number of nitrogens with one attached hydrogen (secondary N) is 1. The van der Waals surface area contributed by atoms with Crippen LogP contribution in [0.15, 0.2) is 0 Å². The highest BCUT2D eigenvalue weighted by atomic mass is 35.5. The highest BCUT2D eigenvalue weighted by Crippen LogP contribution is 2.26. The van der Waals surface area contributed by atoms with Crippen molar-refractivity contribution >= 4 is 28.6 Å². The smallest absolute Gasteiger partial charge is 0.339 e. The van der Waals surface area contributed by atoms with E-state index >= 15 is 0 Å². The first kappa shape index (κ1) is 9.92. The number of carboxylic acids is 1. The summed E-state index contributed by atoms with van der Waals surface area (Å²) in [7, 11) is 0. The van der Waals surface area contributed by atoms with Gasteiger partial charge in [0.15, 0.2) is 0 Å². The molecule has 78 valence electrons. The number of halogens is 1. The lowest BCUT2D eigenvalue weighted by Crippen LogP contribution is -1.98. The Kier molecular flexibility index (Phi) is 2.12. The number of carboxylic acid groups (broad SMARTS) is 1. The molecule has 0 aliphatic carbocycles. The van der Waals surface area contributed by atoms with Crippen molar-refractivity contribution in [2.75, 3.05) is 0 Å². The van der Waals surface area contributed by atoms with Crippen LogP contribution in [0.1, 0.15) is 21.9 Å². The molecule has 0 amide bonds. The maximum absolute atomic E-state index is 11.0. The van der Waals surface area contributed by atoms with E-state index in [1.165, 1.54) is 0 Å². The molecule has 0 radical (unpaired) electrons. The average Bonchev–Trinajstić information content (AvgIpc) is 2.40. The second-order valence-corrected chi connectivity index (χ2v) is 3.58. The van der Waals surface area contributed by atoms with E-state index in [1.54, 1.807) is 13.8 Å². The molecule has 0 fully saturated rings. The van der Waals surface area contributed by atoms with Gasteiger partial charge < -0.3 is 10.1 Å². The van der Waals surface area contributed by atoms with Crippen molar-refractivity contribution in [3.63, 3.8) is 0 Å².